The lowest BCUT2D eigenvalue weighted by Gasteiger charge is -2.06. The van der Waals surface area contributed by atoms with Gasteiger partial charge in [-0.05, 0) is 18.2 Å². The molecule has 0 saturated heterocycles. The number of ketones is 1. The Morgan fingerprint density at radius 2 is 1.71 bits per heavy atom. The van der Waals surface area contributed by atoms with Crippen molar-refractivity contribution in [1.82, 2.24) is 0 Å². The van der Waals surface area contributed by atoms with E-state index in [0.29, 0.717) is 12.1 Å². The van der Waals surface area contributed by atoms with Crippen molar-refractivity contribution in [3.63, 3.8) is 0 Å². The van der Waals surface area contributed by atoms with Gasteiger partial charge >= 0.3 is 5.69 Å². The van der Waals surface area contributed by atoms with Crippen LogP contribution in [0.3, 0.4) is 0 Å². The van der Waals surface area contributed by atoms with E-state index in [1.807, 2.05) is 0 Å². The molecule has 0 bridgehead atoms. The average Bonchev–Trinajstić information content (AvgIpc) is 2.40. The first kappa shape index (κ1) is 14.4. The molecule has 0 aromatic heterocycles. The fourth-order valence-electron chi connectivity index (χ4n) is 1.73. The normalized spacial score (nSPS) is 10.4. The number of benzene rings is 2. The molecule has 0 heterocycles. The third kappa shape index (κ3) is 2.50. The van der Waals surface area contributed by atoms with Crippen molar-refractivity contribution < 1.29 is 28.7 Å². The summed E-state index contributed by atoms with van der Waals surface area (Å²) in [4.78, 5) is 21.7. The van der Waals surface area contributed by atoms with Gasteiger partial charge in [0.15, 0.2) is 11.5 Å². The van der Waals surface area contributed by atoms with Gasteiger partial charge in [0.2, 0.25) is 5.75 Å². The molecule has 0 unspecified atom stereocenters. The molecule has 0 aliphatic rings. The summed E-state index contributed by atoms with van der Waals surface area (Å²) in [6.07, 6.45) is 0. The van der Waals surface area contributed by atoms with Gasteiger partial charge in [0.1, 0.15) is 11.6 Å². The highest BCUT2D eigenvalue weighted by Gasteiger charge is 2.25. The van der Waals surface area contributed by atoms with Gasteiger partial charge in [-0.3, -0.25) is 14.9 Å². The van der Waals surface area contributed by atoms with E-state index < -0.39 is 50.7 Å². The van der Waals surface area contributed by atoms with E-state index in [9.17, 15) is 33.9 Å². The minimum Gasteiger partial charge on any atom is -0.504 e. The quantitative estimate of drug-likeness (QED) is 0.392. The minimum absolute atomic E-state index is 0.527. The predicted octanol–water partition coefficient (Wildman–Crippen LogP) is 2.52. The Balaban J connectivity index is 2.62. The second kappa shape index (κ2) is 5.16. The van der Waals surface area contributed by atoms with Crippen LogP contribution < -0.4 is 0 Å². The number of nitrogens with zero attached hydrogens (tertiary/aromatic N) is 1. The van der Waals surface area contributed by atoms with E-state index in [4.69, 9.17) is 0 Å². The zero-order valence-electron chi connectivity index (χ0n) is 10.2. The lowest BCUT2D eigenvalue weighted by molar-refractivity contribution is -0.386. The Hall–Kier alpha value is -3.03. The van der Waals surface area contributed by atoms with Gasteiger partial charge in [0.25, 0.3) is 0 Å². The molecule has 0 radical (unpaired) electrons. The topological polar surface area (TPSA) is 101 Å². The SMILES string of the molecule is O=C(c1cc(O)c(O)c([N+](=O)[O-])c1)c1c(F)cccc1F. The molecular formula is C13H7F2NO5. The molecule has 0 aliphatic heterocycles. The van der Waals surface area contributed by atoms with Crippen molar-refractivity contribution in [2.24, 2.45) is 0 Å². The third-order valence-electron chi connectivity index (χ3n) is 2.72. The highest BCUT2D eigenvalue weighted by atomic mass is 19.1. The zero-order chi connectivity index (χ0) is 15.7. The second-order valence-corrected chi connectivity index (χ2v) is 4.05. The van der Waals surface area contributed by atoms with Gasteiger partial charge < -0.3 is 10.2 Å². The van der Waals surface area contributed by atoms with Gasteiger partial charge in [0, 0.05) is 11.6 Å². The highest BCUT2D eigenvalue weighted by Crippen LogP contribution is 2.36. The van der Waals surface area contributed by atoms with Crippen LogP contribution in [0.4, 0.5) is 14.5 Å². The van der Waals surface area contributed by atoms with Crippen molar-refractivity contribution in [3.05, 3.63) is 63.2 Å². The van der Waals surface area contributed by atoms with Crippen molar-refractivity contribution in [1.29, 1.82) is 0 Å². The Kier molecular flexibility index (Phi) is 3.53. The predicted molar refractivity (Wildman–Crippen MR) is 66.2 cm³/mol. The fourth-order valence-corrected chi connectivity index (χ4v) is 1.73. The maximum absolute atomic E-state index is 13.5. The van der Waals surface area contributed by atoms with Crippen LogP contribution in [0.25, 0.3) is 0 Å². The molecule has 2 aromatic carbocycles. The number of phenolic OH excluding ortho intramolecular Hbond substituents is 2. The summed E-state index contributed by atoms with van der Waals surface area (Å²) < 4.78 is 27.0. The van der Waals surface area contributed by atoms with Crippen LogP contribution in [0, 0.1) is 21.7 Å². The molecule has 0 spiro atoms. The van der Waals surface area contributed by atoms with Crippen LogP contribution >= 0.6 is 0 Å². The lowest BCUT2D eigenvalue weighted by Crippen LogP contribution is -2.08. The molecule has 8 heteroatoms. The van der Waals surface area contributed by atoms with E-state index in [1.165, 1.54) is 0 Å². The third-order valence-corrected chi connectivity index (χ3v) is 2.72. The van der Waals surface area contributed by atoms with Crippen LogP contribution in [-0.2, 0) is 0 Å². The van der Waals surface area contributed by atoms with Gasteiger partial charge in [-0.25, -0.2) is 8.78 Å². The van der Waals surface area contributed by atoms with Gasteiger partial charge in [-0.1, -0.05) is 6.07 Å². The molecule has 0 fully saturated rings. The van der Waals surface area contributed by atoms with Crippen LogP contribution in [0.1, 0.15) is 15.9 Å². The summed E-state index contributed by atoms with van der Waals surface area (Å²) in [6, 6.07) is 4.08. The van der Waals surface area contributed by atoms with E-state index in [1.54, 1.807) is 0 Å². The fraction of sp³-hybridized carbons (Fsp3) is 0. The number of aromatic hydroxyl groups is 2. The molecule has 0 amide bonds. The Labute approximate surface area is 116 Å². The van der Waals surface area contributed by atoms with Crippen molar-refractivity contribution >= 4 is 11.5 Å². The second-order valence-electron chi connectivity index (χ2n) is 4.05. The molecule has 21 heavy (non-hydrogen) atoms. The summed E-state index contributed by atoms with van der Waals surface area (Å²) in [5.41, 5.74) is -2.38. The summed E-state index contributed by atoms with van der Waals surface area (Å²) in [7, 11) is 0. The van der Waals surface area contributed by atoms with Gasteiger partial charge in [-0.15, -0.1) is 0 Å². The number of nitro benzene ring substituents is 1. The number of hydrogen-bond donors (Lipinski definition) is 2. The van der Waals surface area contributed by atoms with E-state index in [2.05, 4.69) is 0 Å². The number of nitro groups is 1. The molecule has 0 saturated carbocycles. The maximum Gasteiger partial charge on any atom is 0.315 e. The molecule has 6 nitrogen and oxygen atoms in total. The number of carbonyl (C=O) groups excluding carboxylic acids is 1. The first-order chi connectivity index (χ1) is 9.82. The molecule has 108 valence electrons. The van der Waals surface area contributed by atoms with Gasteiger partial charge in [-0.2, -0.15) is 0 Å². The van der Waals surface area contributed by atoms with Crippen LogP contribution in [0.5, 0.6) is 11.5 Å². The van der Waals surface area contributed by atoms with Crippen molar-refractivity contribution in [2.75, 3.05) is 0 Å². The average molecular weight is 295 g/mol. The van der Waals surface area contributed by atoms with Crippen molar-refractivity contribution in [3.8, 4) is 11.5 Å². The molecule has 2 aromatic rings. The van der Waals surface area contributed by atoms with Gasteiger partial charge in [0.05, 0.1) is 10.5 Å². The number of hydrogen-bond acceptors (Lipinski definition) is 5. The molecule has 0 atom stereocenters. The summed E-state index contributed by atoms with van der Waals surface area (Å²) in [5.74, 6) is -5.45. The van der Waals surface area contributed by atoms with Crippen LogP contribution in [0.2, 0.25) is 0 Å². The van der Waals surface area contributed by atoms with Crippen LogP contribution in [-0.4, -0.2) is 20.9 Å². The number of rotatable bonds is 3. The molecule has 2 rings (SSSR count). The lowest BCUT2D eigenvalue weighted by atomic mass is 10.0. The summed E-state index contributed by atoms with van der Waals surface area (Å²) >= 11 is 0. The number of phenols is 2. The largest absolute Gasteiger partial charge is 0.504 e. The highest BCUT2D eigenvalue weighted by molar-refractivity contribution is 6.10. The van der Waals surface area contributed by atoms with Crippen molar-refractivity contribution in [2.45, 2.75) is 0 Å². The Morgan fingerprint density at radius 3 is 2.24 bits per heavy atom. The Morgan fingerprint density at radius 1 is 1.14 bits per heavy atom. The van der Waals surface area contributed by atoms with E-state index in [0.717, 1.165) is 18.2 Å². The summed E-state index contributed by atoms with van der Waals surface area (Å²) in [5, 5.41) is 29.4. The molecular weight excluding hydrogens is 288 g/mol. The van der Waals surface area contributed by atoms with Crippen LogP contribution in [0.15, 0.2) is 30.3 Å². The molecule has 2 N–H and O–H groups in total. The number of halogens is 2. The first-order valence-electron chi connectivity index (χ1n) is 5.52. The zero-order valence-corrected chi connectivity index (χ0v) is 10.2. The monoisotopic (exact) mass is 295 g/mol. The molecule has 0 aliphatic carbocycles. The van der Waals surface area contributed by atoms with E-state index >= 15 is 0 Å². The smallest absolute Gasteiger partial charge is 0.315 e. The standard InChI is InChI=1S/C13H7F2NO5/c14-7-2-1-3-8(15)11(7)12(18)6-4-9(16(20)21)13(19)10(17)5-6/h1-5,17,19H. The maximum atomic E-state index is 13.5. The minimum atomic E-state index is -1.19. The Bertz CT molecular complexity index is 740. The summed E-state index contributed by atoms with van der Waals surface area (Å²) in [6.45, 7) is 0. The number of carbonyl (C=O) groups is 1. The first-order valence-corrected chi connectivity index (χ1v) is 5.52. The van der Waals surface area contributed by atoms with E-state index in [-0.39, 0.29) is 0 Å².